The smallest absolute Gasteiger partial charge is 0.296 e. The number of carbonyl (C=O) groups excluding carboxylic acids is 1. The fourth-order valence-electron chi connectivity index (χ4n) is 2.01. The molecule has 0 N–H and O–H groups in total. The zero-order chi connectivity index (χ0) is 18.1. The van der Waals surface area contributed by atoms with Crippen LogP contribution in [0.5, 0.6) is 0 Å². The van der Waals surface area contributed by atoms with Crippen molar-refractivity contribution in [1.82, 2.24) is 9.97 Å². The lowest BCUT2D eigenvalue weighted by Gasteiger charge is -2.21. The number of amides is 1. The molecule has 24 heavy (non-hydrogen) atoms. The Kier molecular flexibility index (Phi) is 4.64. The third kappa shape index (κ3) is 3.90. The van der Waals surface area contributed by atoms with E-state index in [-0.39, 0.29) is 11.0 Å². The first-order valence-electron chi connectivity index (χ1n) is 7.28. The molecule has 0 bridgehead atoms. The molecule has 0 saturated heterocycles. The first kappa shape index (κ1) is 17.9. The average Bonchev–Trinajstić information content (AvgIpc) is 2.52. The van der Waals surface area contributed by atoms with Crippen LogP contribution < -0.4 is 4.90 Å². The van der Waals surface area contributed by atoms with Gasteiger partial charge in [0, 0.05) is 19.4 Å². The zero-order valence-corrected chi connectivity index (χ0v) is 13.8. The molecule has 0 spiro atoms. The van der Waals surface area contributed by atoms with Crippen LogP contribution in [0.1, 0.15) is 42.4 Å². The van der Waals surface area contributed by atoms with Crippen molar-refractivity contribution in [2.45, 2.75) is 32.4 Å². The van der Waals surface area contributed by atoms with E-state index in [1.807, 2.05) is 26.8 Å². The van der Waals surface area contributed by atoms with Crippen molar-refractivity contribution in [2.24, 2.45) is 0 Å². The number of anilines is 1. The van der Waals surface area contributed by atoms with Gasteiger partial charge in [-0.25, -0.2) is 4.98 Å². The number of hydrogen-bond donors (Lipinski definition) is 0. The third-order valence-corrected chi connectivity index (χ3v) is 3.56. The van der Waals surface area contributed by atoms with Gasteiger partial charge in [-0.1, -0.05) is 26.8 Å². The van der Waals surface area contributed by atoms with E-state index < -0.39 is 17.8 Å². The van der Waals surface area contributed by atoms with Crippen molar-refractivity contribution in [3.05, 3.63) is 53.5 Å². The van der Waals surface area contributed by atoms with Crippen LogP contribution in [0, 0.1) is 0 Å². The zero-order valence-electron chi connectivity index (χ0n) is 13.8. The van der Waals surface area contributed by atoms with E-state index in [0.29, 0.717) is 5.82 Å². The maximum Gasteiger partial charge on any atom is 0.433 e. The molecule has 0 aliphatic heterocycles. The van der Waals surface area contributed by atoms with Crippen molar-refractivity contribution < 1.29 is 18.0 Å². The minimum atomic E-state index is -4.53. The predicted molar refractivity (Wildman–Crippen MR) is 84.9 cm³/mol. The van der Waals surface area contributed by atoms with Gasteiger partial charge in [0.15, 0.2) is 0 Å². The van der Waals surface area contributed by atoms with Crippen LogP contribution in [0.3, 0.4) is 0 Å². The maximum absolute atomic E-state index is 12.5. The van der Waals surface area contributed by atoms with E-state index in [0.717, 1.165) is 23.9 Å². The first-order valence-corrected chi connectivity index (χ1v) is 7.28. The second-order valence-electron chi connectivity index (χ2n) is 6.45. The summed E-state index contributed by atoms with van der Waals surface area (Å²) >= 11 is 0. The molecular weight excluding hydrogens is 319 g/mol. The Hall–Kier alpha value is -2.44. The van der Waals surface area contributed by atoms with Crippen LogP contribution in [0.15, 0.2) is 36.7 Å². The van der Waals surface area contributed by atoms with Gasteiger partial charge >= 0.3 is 6.18 Å². The monoisotopic (exact) mass is 337 g/mol. The number of hydrogen-bond acceptors (Lipinski definition) is 3. The lowest BCUT2D eigenvalue weighted by atomic mass is 9.88. The van der Waals surface area contributed by atoms with Crippen LogP contribution in [-0.2, 0) is 11.6 Å². The van der Waals surface area contributed by atoms with Gasteiger partial charge in [-0.2, -0.15) is 13.2 Å². The van der Waals surface area contributed by atoms with Crippen LogP contribution in [0.25, 0.3) is 0 Å². The Morgan fingerprint density at radius 2 is 1.67 bits per heavy atom. The normalized spacial score (nSPS) is 12.1. The maximum atomic E-state index is 12.5. The van der Waals surface area contributed by atoms with Gasteiger partial charge in [-0.3, -0.25) is 14.7 Å². The summed E-state index contributed by atoms with van der Waals surface area (Å²) in [6, 6.07) is 5.47. The van der Waals surface area contributed by atoms with Crippen molar-refractivity contribution in [2.75, 3.05) is 11.9 Å². The SMILES string of the molecule is CN(C(=O)c1ccc(C(F)(F)F)nc1)c1ccc(C(C)(C)C)cn1. The van der Waals surface area contributed by atoms with Gasteiger partial charge < -0.3 is 0 Å². The number of halogens is 3. The second-order valence-corrected chi connectivity index (χ2v) is 6.45. The number of aromatic nitrogens is 2. The summed E-state index contributed by atoms with van der Waals surface area (Å²) in [4.78, 5) is 21.2. The van der Waals surface area contributed by atoms with Crippen LogP contribution in [-0.4, -0.2) is 22.9 Å². The molecule has 0 atom stereocenters. The summed E-state index contributed by atoms with van der Waals surface area (Å²) in [5.41, 5.74) is -0.0179. The minimum absolute atomic E-state index is 0.0622. The molecule has 0 radical (unpaired) electrons. The molecule has 2 aromatic rings. The molecule has 2 heterocycles. The lowest BCUT2D eigenvalue weighted by molar-refractivity contribution is -0.141. The summed E-state index contributed by atoms with van der Waals surface area (Å²) in [5.74, 6) is -0.0693. The molecule has 0 fully saturated rings. The Morgan fingerprint density at radius 1 is 1.00 bits per heavy atom. The van der Waals surface area contributed by atoms with Crippen LogP contribution >= 0.6 is 0 Å². The molecule has 0 saturated carbocycles. The largest absolute Gasteiger partial charge is 0.433 e. The van der Waals surface area contributed by atoms with E-state index >= 15 is 0 Å². The summed E-state index contributed by atoms with van der Waals surface area (Å²) in [5, 5.41) is 0. The number of rotatable bonds is 2. The van der Waals surface area contributed by atoms with Gasteiger partial charge in [0.05, 0.1) is 5.56 Å². The van der Waals surface area contributed by atoms with Gasteiger partial charge in [-0.15, -0.1) is 0 Å². The summed E-state index contributed by atoms with van der Waals surface area (Å²) in [7, 11) is 1.51. The number of carbonyl (C=O) groups is 1. The fourth-order valence-corrected chi connectivity index (χ4v) is 2.01. The molecular formula is C17H18F3N3O. The Labute approximate surface area is 138 Å². The van der Waals surface area contributed by atoms with E-state index in [1.54, 1.807) is 12.3 Å². The fraction of sp³-hybridized carbons (Fsp3) is 0.353. The topological polar surface area (TPSA) is 46.1 Å². The van der Waals surface area contributed by atoms with Crippen molar-refractivity contribution in [3.63, 3.8) is 0 Å². The van der Waals surface area contributed by atoms with Crippen LogP contribution in [0.4, 0.5) is 19.0 Å². The predicted octanol–water partition coefficient (Wildman–Crippen LogP) is 4.07. The second kappa shape index (κ2) is 6.22. The van der Waals surface area contributed by atoms with Gasteiger partial charge in [0.25, 0.3) is 5.91 Å². The first-order chi connectivity index (χ1) is 11.0. The molecule has 2 aromatic heterocycles. The standard InChI is InChI=1S/C17H18F3N3O/c1-16(2,3)12-6-8-14(22-10-12)23(4)15(24)11-5-7-13(21-9-11)17(18,19)20/h5-10H,1-4H3. The third-order valence-electron chi connectivity index (χ3n) is 3.56. The molecule has 7 heteroatoms. The molecule has 0 aliphatic rings. The number of pyridine rings is 2. The summed E-state index contributed by atoms with van der Waals surface area (Å²) in [6.45, 7) is 6.14. The highest BCUT2D eigenvalue weighted by Gasteiger charge is 2.32. The number of alkyl halides is 3. The Morgan fingerprint density at radius 3 is 2.08 bits per heavy atom. The highest BCUT2D eigenvalue weighted by atomic mass is 19.4. The lowest BCUT2D eigenvalue weighted by Crippen LogP contribution is -2.27. The Bertz CT molecular complexity index is 717. The molecule has 0 aliphatic carbocycles. The number of nitrogens with zero attached hydrogens (tertiary/aromatic N) is 3. The van der Waals surface area contributed by atoms with Gasteiger partial charge in [0.2, 0.25) is 0 Å². The van der Waals surface area contributed by atoms with Gasteiger partial charge in [0.1, 0.15) is 11.5 Å². The quantitative estimate of drug-likeness (QED) is 0.830. The minimum Gasteiger partial charge on any atom is -0.296 e. The van der Waals surface area contributed by atoms with Crippen molar-refractivity contribution >= 4 is 11.7 Å². The molecule has 0 aromatic carbocycles. The van der Waals surface area contributed by atoms with E-state index in [9.17, 15) is 18.0 Å². The molecule has 1 amide bonds. The summed E-state index contributed by atoms with van der Waals surface area (Å²) in [6.07, 6.45) is -1.92. The van der Waals surface area contributed by atoms with Crippen molar-refractivity contribution in [3.8, 4) is 0 Å². The molecule has 2 rings (SSSR count). The summed E-state index contributed by atoms with van der Waals surface area (Å²) < 4.78 is 37.5. The Balaban J connectivity index is 2.20. The highest BCUT2D eigenvalue weighted by Crippen LogP contribution is 2.27. The van der Waals surface area contributed by atoms with Crippen molar-refractivity contribution in [1.29, 1.82) is 0 Å². The highest BCUT2D eigenvalue weighted by molar-refractivity contribution is 6.04. The molecule has 128 valence electrons. The molecule has 0 unspecified atom stereocenters. The van der Waals surface area contributed by atoms with E-state index in [4.69, 9.17) is 0 Å². The molecule has 4 nitrogen and oxygen atoms in total. The van der Waals surface area contributed by atoms with E-state index in [2.05, 4.69) is 9.97 Å². The van der Waals surface area contributed by atoms with Crippen LogP contribution in [0.2, 0.25) is 0 Å². The van der Waals surface area contributed by atoms with E-state index in [1.165, 1.54) is 11.9 Å². The average molecular weight is 337 g/mol. The van der Waals surface area contributed by atoms with Gasteiger partial charge in [-0.05, 0) is 29.2 Å².